The number of aryl methyl sites for hydroxylation is 1. The van der Waals surface area contributed by atoms with Gasteiger partial charge in [-0.25, -0.2) is 9.59 Å². The third-order valence-corrected chi connectivity index (χ3v) is 7.04. The van der Waals surface area contributed by atoms with Gasteiger partial charge >= 0.3 is 12.0 Å². The van der Waals surface area contributed by atoms with Gasteiger partial charge in [-0.15, -0.1) is 11.3 Å². The number of hydrogen-bond donors (Lipinski definition) is 2. The number of amides is 4. The Morgan fingerprint density at radius 3 is 2.69 bits per heavy atom. The first-order valence-corrected chi connectivity index (χ1v) is 10.7. The van der Waals surface area contributed by atoms with E-state index < -0.39 is 30.0 Å². The summed E-state index contributed by atoms with van der Waals surface area (Å²) in [4.78, 5) is 52.2. The number of thiophene rings is 1. The lowest BCUT2D eigenvalue weighted by molar-refractivity contribution is -0.136. The highest BCUT2D eigenvalue weighted by Gasteiger charge is 2.55. The largest absolute Gasteiger partial charge is 0.462 e. The second-order valence-electron chi connectivity index (χ2n) is 7.70. The molecule has 3 rings (SSSR count). The molecule has 2 heterocycles. The van der Waals surface area contributed by atoms with Crippen LogP contribution in [0.15, 0.2) is 0 Å². The number of urea groups is 1. The average molecular weight is 422 g/mol. The van der Waals surface area contributed by atoms with Crippen LogP contribution in [0.25, 0.3) is 0 Å². The van der Waals surface area contributed by atoms with E-state index in [1.807, 2.05) is 13.8 Å². The lowest BCUT2D eigenvalue weighted by atomic mass is 9.73. The van der Waals surface area contributed by atoms with Crippen molar-refractivity contribution in [3.05, 3.63) is 16.0 Å². The number of nitrogens with one attached hydrogen (secondary N) is 2. The first kappa shape index (κ1) is 21.3. The fourth-order valence-electron chi connectivity index (χ4n) is 4.11. The summed E-state index contributed by atoms with van der Waals surface area (Å²) in [5.74, 6) is -1.34. The van der Waals surface area contributed by atoms with Crippen LogP contribution < -0.4 is 10.6 Å². The second-order valence-corrected chi connectivity index (χ2v) is 8.92. The number of hydrogen-bond acceptors (Lipinski definition) is 6. The number of carbonyl (C=O) groups is 4. The minimum Gasteiger partial charge on any atom is -0.462 e. The molecule has 2 aliphatic rings. The van der Waals surface area contributed by atoms with Crippen LogP contribution in [-0.2, 0) is 14.3 Å². The van der Waals surface area contributed by atoms with Crippen LogP contribution in [0.3, 0.4) is 0 Å². The van der Waals surface area contributed by atoms with Crippen LogP contribution in [-0.4, -0.2) is 47.4 Å². The van der Waals surface area contributed by atoms with E-state index >= 15 is 0 Å². The smallest absolute Gasteiger partial charge is 0.341 e. The molecule has 2 fully saturated rings. The van der Waals surface area contributed by atoms with Crippen molar-refractivity contribution in [1.82, 2.24) is 10.2 Å². The van der Waals surface area contributed by atoms with Crippen molar-refractivity contribution in [2.75, 3.05) is 18.5 Å². The molecule has 8 nitrogen and oxygen atoms in total. The summed E-state index contributed by atoms with van der Waals surface area (Å²) in [7, 11) is 0. The summed E-state index contributed by atoms with van der Waals surface area (Å²) < 4.78 is 5.09. The van der Waals surface area contributed by atoms with Gasteiger partial charge in [-0.3, -0.25) is 14.5 Å². The Bertz CT molecular complexity index is 865. The zero-order chi connectivity index (χ0) is 21.3. The van der Waals surface area contributed by atoms with Gasteiger partial charge in [0.05, 0.1) is 12.2 Å². The molecule has 2 atom stereocenters. The lowest BCUT2D eigenvalue weighted by Gasteiger charge is -2.36. The van der Waals surface area contributed by atoms with Crippen molar-refractivity contribution in [1.29, 1.82) is 0 Å². The van der Waals surface area contributed by atoms with Crippen molar-refractivity contribution in [2.24, 2.45) is 5.92 Å². The maximum Gasteiger partial charge on any atom is 0.341 e. The average Bonchev–Trinajstić information content (AvgIpc) is 3.06. The molecule has 1 spiro atoms. The highest BCUT2D eigenvalue weighted by molar-refractivity contribution is 7.16. The minimum absolute atomic E-state index is 0.0266. The highest BCUT2D eigenvalue weighted by Crippen LogP contribution is 2.38. The molecule has 29 heavy (non-hydrogen) atoms. The van der Waals surface area contributed by atoms with E-state index in [0.717, 1.165) is 34.6 Å². The Balaban J connectivity index is 1.75. The molecule has 0 aromatic carbocycles. The molecule has 1 aromatic heterocycles. The molecule has 1 aromatic rings. The SMILES string of the molecule is CCOC(=O)c1c(NC(=O)CN2C(=O)N[C@@]3(CCCC[C@@H]3C)C2=O)sc(C)c1C. The number of rotatable bonds is 5. The van der Waals surface area contributed by atoms with Gasteiger partial charge in [-0.2, -0.15) is 0 Å². The number of imide groups is 1. The number of nitrogens with zero attached hydrogens (tertiary/aromatic N) is 1. The fraction of sp³-hybridized carbons (Fsp3) is 0.600. The molecule has 0 unspecified atom stereocenters. The fourth-order valence-corrected chi connectivity index (χ4v) is 5.18. The van der Waals surface area contributed by atoms with Crippen molar-refractivity contribution >= 4 is 40.2 Å². The van der Waals surface area contributed by atoms with E-state index in [2.05, 4.69) is 10.6 Å². The van der Waals surface area contributed by atoms with E-state index in [-0.39, 0.29) is 18.4 Å². The zero-order valence-corrected chi connectivity index (χ0v) is 18.0. The normalized spacial score (nSPS) is 24.0. The zero-order valence-electron chi connectivity index (χ0n) is 17.2. The third kappa shape index (κ3) is 3.75. The van der Waals surface area contributed by atoms with Gasteiger partial charge in [0.1, 0.15) is 17.1 Å². The predicted molar refractivity (Wildman–Crippen MR) is 109 cm³/mol. The molecule has 0 bridgehead atoms. The molecular weight excluding hydrogens is 394 g/mol. The summed E-state index contributed by atoms with van der Waals surface area (Å²) in [5.41, 5.74) is 0.160. The molecule has 2 N–H and O–H groups in total. The summed E-state index contributed by atoms with van der Waals surface area (Å²) in [6.07, 6.45) is 3.35. The van der Waals surface area contributed by atoms with E-state index in [9.17, 15) is 19.2 Å². The summed E-state index contributed by atoms with van der Waals surface area (Å²) in [6, 6.07) is -0.539. The Hall–Kier alpha value is -2.42. The Morgan fingerprint density at radius 2 is 2.03 bits per heavy atom. The molecule has 0 radical (unpaired) electrons. The van der Waals surface area contributed by atoms with Gasteiger partial charge in [0, 0.05) is 4.88 Å². The minimum atomic E-state index is -0.901. The molecular formula is C20H27N3O5S. The summed E-state index contributed by atoms with van der Waals surface area (Å²) in [6.45, 7) is 7.15. The molecule has 1 saturated carbocycles. The van der Waals surface area contributed by atoms with Gasteiger partial charge in [0.25, 0.3) is 5.91 Å². The Labute approximate surface area is 174 Å². The molecule has 158 valence electrons. The topological polar surface area (TPSA) is 105 Å². The standard InChI is InChI=1S/C20H27N3O5S/c1-5-28-17(25)15-12(3)13(4)29-16(15)21-14(24)10-23-18(26)20(22-19(23)27)9-7-6-8-11(20)2/h11H,5-10H2,1-4H3,(H,21,24)(H,22,27)/t11-,20+/m0/s1. The Morgan fingerprint density at radius 1 is 1.31 bits per heavy atom. The van der Waals surface area contributed by atoms with Gasteiger partial charge in [-0.1, -0.05) is 19.8 Å². The van der Waals surface area contributed by atoms with Crippen LogP contribution in [0.4, 0.5) is 9.80 Å². The summed E-state index contributed by atoms with van der Waals surface area (Å²) >= 11 is 1.27. The number of ether oxygens (including phenoxy) is 1. The number of esters is 1. The van der Waals surface area contributed by atoms with Gasteiger partial charge in [0.2, 0.25) is 5.91 Å². The molecule has 4 amide bonds. The van der Waals surface area contributed by atoms with E-state index in [1.165, 1.54) is 11.3 Å². The number of anilines is 1. The maximum atomic E-state index is 13.0. The first-order chi connectivity index (χ1) is 13.7. The van der Waals surface area contributed by atoms with Gasteiger partial charge < -0.3 is 15.4 Å². The predicted octanol–water partition coefficient (Wildman–Crippen LogP) is 2.98. The van der Waals surface area contributed by atoms with Crippen LogP contribution in [0.1, 0.15) is 60.3 Å². The molecule has 1 aliphatic heterocycles. The lowest BCUT2D eigenvalue weighted by Crippen LogP contribution is -2.54. The van der Waals surface area contributed by atoms with Crippen molar-refractivity contribution in [2.45, 2.75) is 58.9 Å². The van der Waals surface area contributed by atoms with E-state index in [1.54, 1.807) is 13.8 Å². The molecule has 9 heteroatoms. The van der Waals surface area contributed by atoms with E-state index in [4.69, 9.17) is 4.74 Å². The monoisotopic (exact) mass is 421 g/mol. The summed E-state index contributed by atoms with van der Waals surface area (Å²) in [5, 5.41) is 5.89. The van der Waals surface area contributed by atoms with Crippen molar-refractivity contribution < 1.29 is 23.9 Å². The van der Waals surface area contributed by atoms with Crippen molar-refractivity contribution in [3.8, 4) is 0 Å². The third-order valence-electron chi connectivity index (χ3n) is 5.92. The molecule has 1 aliphatic carbocycles. The quantitative estimate of drug-likeness (QED) is 0.562. The maximum absolute atomic E-state index is 13.0. The Kier molecular flexibility index (Phi) is 5.97. The van der Waals surface area contributed by atoms with Crippen LogP contribution >= 0.6 is 11.3 Å². The van der Waals surface area contributed by atoms with Gasteiger partial charge in [0.15, 0.2) is 0 Å². The van der Waals surface area contributed by atoms with Crippen LogP contribution in [0.5, 0.6) is 0 Å². The number of carbonyl (C=O) groups excluding carboxylic acids is 4. The van der Waals surface area contributed by atoms with Crippen molar-refractivity contribution in [3.63, 3.8) is 0 Å². The first-order valence-electron chi connectivity index (χ1n) is 9.92. The van der Waals surface area contributed by atoms with E-state index in [0.29, 0.717) is 17.0 Å². The second kappa shape index (κ2) is 8.14. The van der Waals surface area contributed by atoms with Crippen LogP contribution in [0.2, 0.25) is 0 Å². The molecule has 1 saturated heterocycles. The highest BCUT2D eigenvalue weighted by atomic mass is 32.1. The van der Waals surface area contributed by atoms with Crippen LogP contribution in [0, 0.1) is 19.8 Å². The van der Waals surface area contributed by atoms with Gasteiger partial charge in [-0.05, 0) is 45.1 Å².